The number of nitrogens with zero attached hydrogens (tertiary/aromatic N) is 2. The minimum atomic E-state index is -0.200. The molecule has 3 aromatic carbocycles. The zero-order chi connectivity index (χ0) is 22.8. The molecule has 1 heterocycles. The summed E-state index contributed by atoms with van der Waals surface area (Å²) in [6.45, 7) is 5.94. The molecule has 1 aromatic heterocycles. The number of fused-ring (bicyclic) bond motifs is 1. The molecule has 4 rings (SSSR count). The minimum Gasteiger partial charge on any atom is -0.325 e. The van der Waals surface area contributed by atoms with Crippen molar-refractivity contribution in [2.75, 3.05) is 11.1 Å². The molecule has 0 aliphatic rings. The van der Waals surface area contributed by atoms with Crippen molar-refractivity contribution in [2.45, 2.75) is 25.9 Å². The van der Waals surface area contributed by atoms with Crippen LogP contribution in [0.4, 0.5) is 5.69 Å². The Kier molecular flexibility index (Phi) is 6.35. The second kappa shape index (κ2) is 9.18. The van der Waals surface area contributed by atoms with E-state index in [1.54, 1.807) is 28.8 Å². The number of thioether (sulfide) groups is 1. The first-order valence-electron chi connectivity index (χ1n) is 10.1. The average molecular weight is 464 g/mol. The summed E-state index contributed by atoms with van der Waals surface area (Å²) in [4.78, 5) is 30.7. The molecule has 7 heteroatoms. The third kappa shape index (κ3) is 4.56. The summed E-state index contributed by atoms with van der Waals surface area (Å²) in [6.07, 6.45) is 0. The smallest absolute Gasteiger partial charge is 0.266 e. The number of hydrogen-bond acceptors (Lipinski definition) is 4. The molecule has 5 nitrogen and oxygen atoms in total. The van der Waals surface area contributed by atoms with Gasteiger partial charge in [-0.05, 0) is 73.9 Å². The average Bonchev–Trinajstić information content (AvgIpc) is 2.77. The van der Waals surface area contributed by atoms with Gasteiger partial charge in [-0.1, -0.05) is 47.6 Å². The van der Waals surface area contributed by atoms with Crippen LogP contribution in [0.25, 0.3) is 16.6 Å². The molecule has 32 heavy (non-hydrogen) atoms. The fourth-order valence-electron chi connectivity index (χ4n) is 3.35. The second-order valence-corrected chi connectivity index (χ2v) is 9.00. The monoisotopic (exact) mass is 463 g/mol. The highest BCUT2D eigenvalue weighted by molar-refractivity contribution is 7.99. The first-order chi connectivity index (χ1) is 15.3. The van der Waals surface area contributed by atoms with Crippen LogP contribution in [0.15, 0.2) is 70.6 Å². The third-order valence-electron chi connectivity index (χ3n) is 5.30. The van der Waals surface area contributed by atoms with Gasteiger partial charge in [-0.25, -0.2) is 4.98 Å². The van der Waals surface area contributed by atoms with Crippen molar-refractivity contribution < 1.29 is 4.79 Å². The predicted molar refractivity (Wildman–Crippen MR) is 132 cm³/mol. The fourth-order valence-corrected chi connectivity index (χ4v) is 4.33. The van der Waals surface area contributed by atoms with Crippen molar-refractivity contribution in [2.24, 2.45) is 0 Å². The number of aryl methyl sites for hydroxylation is 3. The van der Waals surface area contributed by atoms with Crippen LogP contribution >= 0.6 is 23.4 Å². The summed E-state index contributed by atoms with van der Waals surface area (Å²) >= 11 is 7.28. The van der Waals surface area contributed by atoms with Crippen LogP contribution in [0.5, 0.6) is 0 Å². The van der Waals surface area contributed by atoms with E-state index in [9.17, 15) is 9.59 Å². The number of rotatable bonds is 5. The van der Waals surface area contributed by atoms with E-state index in [0.29, 0.717) is 26.8 Å². The van der Waals surface area contributed by atoms with Crippen molar-refractivity contribution in [1.82, 2.24) is 9.55 Å². The quantitative estimate of drug-likeness (QED) is 0.305. The molecule has 0 fully saturated rings. The predicted octanol–water partition coefficient (Wildman–Crippen LogP) is 5.70. The van der Waals surface area contributed by atoms with Crippen molar-refractivity contribution in [3.63, 3.8) is 0 Å². The largest absolute Gasteiger partial charge is 0.325 e. The number of anilines is 1. The molecule has 0 saturated carbocycles. The van der Waals surface area contributed by atoms with Gasteiger partial charge < -0.3 is 5.32 Å². The Balaban J connectivity index is 1.69. The van der Waals surface area contributed by atoms with Gasteiger partial charge in [0, 0.05) is 10.7 Å². The summed E-state index contributed by atoms with van der Waals surface area (Å²) in [5.74, 6) is -0.101. The molecule has 0 aliphatic carbocycles. The number of halogens is 1. The molecule has 1 N–H and O–H groups in total. The summed E-state index contributed by atoms with van der Waals surface area (Å²) in [5.41, 5.74) is 4.97. The van der Waals surface area contributed by atoms with Crippen molar-refractivity contribution in [3.8, 4) is 5.69 Å². The maximum absolute atomic E-state index is 13.4. The molecule has 4 aromatic rings. The van der Waals surface area contributed by atoms with E-state index in [1.807, 2.05) is 57.2 Å². The van der Waals surface area contributed by atoms with Gasteiger partial charge in [0.1, 0.15) is 0 Å². The summed E-state index contributed by atoms with van der Waals surface area (Å²) in [7, 11) is 0. The van der Waals surface area contributed by atoms with Crippen LogP contribution in [-0.2, 0) is 4.79 Å². The molecule has 0 bridgehead atoms. The molecular weight excluding hydrogens is 442 g/mol. The Morgan fingerprint density at radius 3 is 2.53 bits per heavy atom. The standard InChI is InChI=1S/C25H22ClN3O2S/c1-15-9-11-19(12-17(15)3)29-24(31)20-6-4-5-7-21(20)28-25(29)32-14-23(30)27-22-13-18(26)10-8-16(22)2/h4-13H,14H2,1-3H3,(H,27,30). The lowest BCUT2D eigenvalue weighted by molar-refractivity contribution is -0.113. The number of amides is 1. The van der Waals surface area contributed by atoms with Crippen LogP contribution < -0.4 is 10.9 Å². The molecule has 0 unspecified atom stereocenters. The van der Waals surface area contributed by atoms with E-state index in [0.717, 1.165) is 22.4 Å². The first-order valence-corrected chi connectivity index (χ1v) is 11.5. The number of carbonyl (C=O) groups excluding carboxylic acids is 1. The van der Waals surface area contributed by atoms with Gasteiger partial charge in [0.2, 0.25) is 5.91 Å². The zero-order valence-corrected chi connectivity index (χ0v) is 19.6. The zero-order valence-electron chi connectivity index (χ0n) is 18.0. The van der Waals surface area contributed by atoms with Crippen LogP contribution in [-0.4, -0.2) is 21.2 Å². The Morgan fingerprint density at radius 2 is 1.75 bits per heavy atom. The lowest BCUT2D eigenvalue weighted by Crippen LogP contribution is -2.23. The van der Waals surface area contributed by atoms with E-state index in [4.69, 9.17) is 16.6 Å². The highest BCUT2D eigenvalue weighted by atomic mass is 35.5. The lowest BCUT2D eigenvalue weighted by Gasteiger charge is -2.15. The Hall–Kier alpha value is -3.09. The van der Waals surface area contributed by atoms with Gasteiger partial charge in [-0.15, -0.1) is 0 Å². The molecule has 0 radical (unpaired) electrons. The van der Waals surface area contributed by atoms with Gasteiger partial charge in [0.15, 0.2) is 5.16 Å². The third-order valence-corrected chi connectivity index (χ3v) is 6.47. The second-order valence-electron chi connectivity index (χ2n) is 7.62. The van der Waals surface area contributed by atoms with E-state index in [-0.39, 0.29) is 17.2 Å². The van der Waals surface area contributed by atoms with Crippen LogP contribution in [0.1, 0.15) is 16.7 Å². The van der Waals surface area contributed by atoms with Gasteiger partial charge in [0.25, 0.3) is 5.56 Å². The maximum atomic E-state index is 13.4. The number of nitrogens with one attached hydrogen (secondary N) is 1. The highest BCUT2D eigenvalue weighted by Crippen LogP contribution is 2.24. The van der Waals surface area contributed by atoms with Crippen LogP contribution in [0, 0.1) is 20.8 Å². The van der Waals surface area contributed by atoms with Crippen molar-refractivity contribution in [1.29, 1.82) is 0 Å². The summed E-state index contributed by atoms with van der Waals surface area (Å²) in [5, 5.41) is 4.45. The Labute approximate surface area is 195 Å². The molecular formula is C25H22ClN3O2S. The molecule has 0 spiro atoms. The van der Waals surface area contributed by atoms with Crippen LogP contribution in [0.2, 0.25) is 5.02 Å². The first kappa shape index (κ1) is 22.1. The van der Waals surface area contributed by atoms with Crippen molar-refractivity contribution >= 4 is 45.9 Å². The highest BCUT2D eigenvalue weighted by Gasteiger charge is 2.16. The minimum absolute atomic E-state index is 0.0988. The number of benzene rings is 3. The molecule has 0 atom stereocenters. The van der Waals surface area contributed by atoms with Crippen LogP contribution in [0.3, 0.4) is 0 Å². The van der Waals surface area contributed by atoms with Gasteiger partial charge in [-0.2, -0.15) is 0 Å². The summed E-state index contributed by atoms with van der Waals surface area (Å²) < 4.78 is 1.58. The Morgan fingerprint density at radius 1 is 1.00 bits per heavy atom. The van der Waals surface area contributed by atoms with Crippen molar-refractivity contribution in [3.05, 3.63) is 92.7 Å². The van der Waals surface area contributed by atoms with E-state index >= 15 is 0 Å². The van der Waals surface area contributed by atoms with E-state index in [2.05, 4.69) is 5.32 Å². The fraction of sp³-hybridized carbons (Fsp3) is 0.160. The Bertz CT molecular complexity index is 1400. The number of para-hydroxylation sites is 1. The maximum Gasteiger partial charge on any atom is 0.266 e. The molecule has 0 saturated heterocycles. The number of carbonyl (C=O) groups is 1. The number of hydrogen-bond donors (Lipinski definition) is 1. The number of aromatic nitrogens is 2. The summed E-state index contributed by atoms with van der Waals surface area (Å²) in [6, 6.07) is 18.4. The van der Waals surface area contributed by atoms with E-state index < -0.39 is 0 Å². The van der Waals surface area contributed by atoms with Gasteiger partial charge in [0.05, 0.1) is 22.3 Å². The van der Waals surface area contributed by atoms with Gasteiger partial charge >= 0.3 is 0 Å². The van der Waals surface area contributed by atoms with E-state index in [1.165, 1.54) is 11.8 Å². The van der Waals surface area contributed by atoms with Gasteiger partial charge in [-0.3, -0.25) is 14.2 Å². The molecule has 162 valence electrons. The topological polar surface area (TPSA) is 64.0 Å². The SMILES string of the molecule is Cc1ccc(-n2c(SCC(=O)Nc3cc(Cl)ccc3C)nc3ccccc3c2=O)cc1C. The molecule has 1 amide bonds. The molecule has 0 aliphatic heterocycles. The lowest BCUT2D eigenvalue weighted by atomic mass is 10.1. The normalized spacial score (nSPS) is 11.0.